The van der Waals surface area contributed by atoms with Gasteiger partial charge in [-0.05, 0) is 41.7 Å². The van der Waals surface area contributed by atoms with Crippen LogP contribution in [0.2, 0.25) is 0 Å². The lowest BCUT2D eigenvalue weighted by Gasteiger charge is -2.62. The van der Waals surface area contributed by atoms with E-state index < -0.39 is 23.0 Å². The number of benzene rings is 1. The highest BCUT2D eigenvalue weighted by Crippen LogP contribution is 2.65. The van der Waals surface area contributed by atoms with Gasteiger partial charge in [-0.3, -0.25) is 0 Å². The molecule has 0 unspecified atom stereocenters. The summed E-state index contributed by atoms with van der Waals surface area (Å²) in [5.41, 5.74) is 1.29. The molecule has 0 amide bonds. The molecule has 25 heavy (non-hydrogen) atoms. The molecule has 0 radical (unpaired) electrons. The van der Waals surface area contributed by atoms with Crippen LogP contribution in [0.1, 0.15) is 69.2 Å². The molecule has 2 aliphatic heterocycles. The maximum atomic E-state index is 10.9. The average Bonchev–Trinajstić information content (AvgIpc) is 2.55. The normalized spacial score (nSPS) is 38.5. The van der Waals surface area contributed by atoms with Crippen molar-refractivity contribution in [2.45, 2.75) is 70.2 Å². The fraction of sp³-hybridized carbons (Fsp3) is 0.700. The summed E-state index contributed by atoms with van der Waals surface area (Å²) in [5, 5.41) is 42.6. The third-order valence-corrected chi connectivity index (χ3v) is 7.06. The molecule has 2 fully saturated rings. The molecule has 5 nitrogen and oxygen atoms in total. The van der Waals surface area contributed by atoms with E-state index in [0.717, 1.165) is 23.1 Å². The first-order valence-corrected chi connectivity index (χ1v) is 9.18. The van der Waals surface area contributed by atoms with Crippen LogP contribution >= 0.6 is 0 Å². The van der Waals surface area contributed by atoms with Gasteiger partial charge in [0, 0.05) is 16.5 Å². The molecule has 5 rings (SSSR count). The van der Waals surface area contributed by atoms with Gasteiger partial charge in [0.2, 0.25) is 0 Å². The minimum Gasteiger partial charge on any atom is -0.504 e. The highest BCUT2D eigenvalue weighted by molar-refractivity contribution is 5.61. The van der Waals surface area contributed by atoms with Crippen molar-refractivity contribution in [2.75, 3.05) is 6.61 Å². The number of aliphatic hydroxyl groups excluding tert-OH is 2. The van der Waals surface area contributed by atoms with Gasteiger partial charge < -0.3 is 25.2 Å². The Morgan fingerprint density at radius 1 is 1.16 bits per heavy atom. The summed E-state index contributed by atoms with van der Waals surface area (Å²) in [5.74, 6) is 0.0199. The van der Waals surface area contributed by atoms with E-state index in [1.165, 1.54) is 0 Å². The molecule has 0 aromatic heterocycles. The number of rotatable bonds is 1. The van der Waals surface area contributed by atoms with E-state index in [4.69, 9.17) is 4.74 Å². The van der Waals surface area contributed by atoms with Gasteiger partial charge in [-0.25, -0.2) is 0 Å². The molecule has 5 atom stereocenters. The molecular weight excluding hydrogens is 320 g/mol. The van der Waals surface area contributed by atoms with Gasteiger partial charge in [0.25, 0.3) is 0 Å². The zero-order valence-corrected chi connectivity index (χ0v) is 15.3. The summed E-state index contributed by atoms with van der Waals surface area (Å²) < 4.78 is 6.08. The van der Waals surface area contributed by atoms with Crippen molar-refractivity contribution in [3.8, 4) is 11.5 Å². The summed E-state index contributed by atoms with van der Waals surface area (Å²) in [6.07, 6.45) is -0.755. The molecule has 1 spiro atoms. The molecule has 1 saturated heterocycles. The zero-order chi connectivity index (χ0) is 18.3. The smallest absolute Gasteiger partial charge is 0.162 e. The van der Waals surface area contributed by atoms with E-state index in [0.29, 0.717) is 13.0 Å². The molecular formula is C20H28O5. The monoisotopic (exact) mass is 348 g/mol. The Labute approximate surface area is 148 Å². The average molecular weight is 348 g/mol. The van der Waals surface area contributed by atoms with Crippen molar-refractivity contribution in [1.29, 1.82) is 0 Å². The minimum absolute atomic E-state index is 0.0622. The van der Waals surface area contributed by atoms with Crippen LogP contribution in [0.4, 0.5) is 0 Å². The fourth-order valence-corrected chi connectivity index (χ4v) is 5.74. The van der Waals surface area contributed by atoms with Gasteiger partial charge in [0.1, 0.15) is 0 Å². The van der Waals surface area contributed by atoms with Gasteiger partial charge in [-0.15, -0.1) is 0 Å². The van der Waals surface area contributed by atoms with Crippen LogP contribution in [-0.2, 0) is 10.2 Å². The van der Waals surface area contributed by atoms with Crippen LogP contribution in [0.5, 0.6) is 11.5 Å². The summed E-state index contributed by atoms with van der Waals surface area (Å²) in [6, 6.07) is 1.96. The topological polar surface area (TPSA) is 90.2 Å². The van der Waals surface area contributed by atoms with Crippen LogP contribution in [-0.4, -0.2) is 39.2 Å². The van der Waals surface area contributed by atoms with Crippen LogP contribution < -0.4 is 0 Å². The number of fused-ring (bicyclic) bond motifs is 1. The molecule has 138 valence electrons. The maximum Gasteiger partial charge on any atom is 0.162 e. The molecule has 2 heterocycles. The number of hydrogen-bond donors (Lipinski definition) is 4. The first-order chi connectivity index (χ1) is 11.6. The molecule has 4 aliphatic rings. The Morgan fingerprint density at radius 3 is 2.48 bits per heavy atom. The van der Waals surface area contributed by atoms with Crippen LogP contribution in [0, 0.1) is 11.3 Å². The van der Waals surface area contributed by atoms with Crippen molar-refractivity contribution in [1.82, 2.24) is 0 Å². The van der Waals surface area contributed by atoms with Gasteiger partial charge >= 0.3 is 0 Å². The molecule has 2 aliphatic carbocycles. The summed E-state index contributed by atoms with van der Waals surface area (Å²) in [4.78, 5) is 0. The molecule has 5 heteroatoms. The summed E-state index contributed by atoms with van der Waals surface area (Å²) in [7, 11) is 0. The summed E-state index contributed by atoms with van der Waals surface area (Å²) >= 11 is 0. The number of phenolic OH excluding ortho intramolecular Hbond substituents is 2. The van der Waals surface area contributed by atoms with E-state index >= 15 is 0 Å². The predicted molar refractivity (Wildman–Crippen MR) is 92.8 cm³/mol. The molecule has 1 aromatic rings. The third kappa shape index (κ3) is 2.00. The first kappa shape index (κ1) is 17.1. The van der Waals surface area contributed by atoms with Crippen LogP contribution in [0.3, 0.4) is 0 Å². The molecule has 1 saturated carbocycles. The number of hydrogen-bond acceptors (Lipinski definition) is 5. The van der Waals surface area contributed by atoms with Crippen molar-refractivity contribution in [2.24, 2.45) is 11.3 Å². The number of phenols is 2. The number of ether oxygens (including phenoxy) is 1. The largest absolute Gasteiger partial charge is 0.504 e. The zero-order valence-electron chi connectivity index (χ0n) is 15.3. The van der Waals surface area contributed by atoms with Crippen LogP contribution in [0.15, 0.2) is 6.07 Å². The highest BCUT2D eigenvalue weighted by atomic mass is 16.5. The van der Waals surface area contributed by atoms with E-state index in [1.807, 2.05) is 33.8 Å². The Morgan fingerprint density at radius 2 is 1.84 bits per heavy atom. The quantitative estimate of drug-likeness (QED) is 0.586. The lowest BCUT2D eigenvalue weighted by atomic mass is 9.46. The lowest BCUT2D eigenvalue weighted by molar-refractivity contribution is -0.203. The number of aromatic hydroxyl groups is 2. The maximum absolute atomic E-state index is 10.9. The van der Waals surface area contributed by atoms with E-state index in [-0.39, 0.29) is 29.4 Å². The van der Waals surface area contributed by atoms with Gasteiger partial charge in [-0.2, -0.15) is 0 Å². The minimum atomic E-state index is -0.885. The van der Waals surface area contributed by atoms with Crippen molar-refractivity contribution in [3.63, 3.8) is 0 Å². The second-order valence-corrected chi connectivity index (χ2v) is 9.06. The molecule has 1 aromatic carbocycles. The van der Waals surface area contributed by atoms with E-state index in [1.54, 1.807) is 0 Å². The van der Waals surface area contributed by atoms with Crippen molar-refractivity contribution < 1.29 is 25.2 Å². The Bertz CT molecular complexity index is 725. The lowest BCUT2D eigenvalue weighted by Crippen LogP contribution is -2.64. The van der Waals surface area contributed by atoms with Crippen molar-refractivity contribution in [3.05, 3.63) is 22.8 Å². The Balaban J connectivity index is 1.97. The second kappa shape index (κ2) is 5.12. The molecule has 2 bridgehead atoms. The second-order valence-electron chi connectivity index (χ2n) is 9.06. The van der Waals surface area contributed by atoms with Gasteiger partial charge in [0.15, 0.2) is 11.5 Å². The fourth-order valence-electron chi connectivity index (χ4n) is 5.74. The van der Waals surface area contributed by atoms with Crippen molar-refractivity contribution >= 4 is 0 Å². The van der Waals surface area contributed by atoms with Crippen LogP contribution in [0.25, 0.3) is 0 Å². The third-order valence-electron chi connectivity index (χ3n) is 7.06. The highest BCUT2D eigenvalue weighted by Gasteiger charge is 2.64. The standard InChI is InChI=1S/C20H28O5/c1-9(2)10-5-11-13-6-14-19(3,4)18(24)12(21)7-20(14,8-25-13)15(11)17(23)16(10)22/h5,9,12-14,18,21-24H,6-8H2,1-4H3/t12-,13+,14+,18+,20-/m1/s1. The summed E-state index contributed by atoms with van der Waals surface area (Å²) in [6.45, 7) is 8.32. The SMILES string of the molecule is CC(C)c1cc2c(c(O)c1O)[C@]13CO[C@H]2C[C@H]1C(C)(C)[C@@H](O)[C@H](O)C3. The first-order valence-electron chi connectivity index (χ1n) is 9.18. The van der Waals surface area contributed by atoms with E-state index in [2.05, 4.69) is 0 Å². The predicted octanol–water partition coefficient (Wildman–Crippen LogP) is 2.70. The van der Waals surface area contributed by atoms with Gasteiger partial charge in [0.05, 0.1) is 24.9 Å². The molecule has 4 N–H and O–H groups in total. The number of aliphatic hydroxyl groups is 2. The Kier molecular flexibility index (Phi) is 3.51. The van der Waals surface area contributed by atoms with Gasteiger partial charge in [-0.1, -0.05) is 27.7 Å². The Hall–Kier alpha value is -1.30. The van der Waals surface area contributed by atoms with E-state index in [9.17, 15) is 20.4 Å².